The molecule has 8 heteroatoms. The van der Waals surface area contributed by atoms with E-state index >= 15 is 0 Å². The van der Waals surface area contributed by atoms with Crippen molar-refractivity contribution in [3.63, 3.8) is 0 Å². The van der Waals surface area contributed by atoms with Gasteiger partial charge < -0.3 is 25.3 Å². The van der Waals surface area contributed by atoms with Crippen molar-refractivity contribution in [2.45, 2.75) is 33.8 Å². The van der Waals surface area contributed by atoms with Gasteiger partial charge in [0.2, 0.25) is 0 Å². The van der Waals surface area contributed by atoms with Gasteiger partial charge in [0.05, 0.1) is 6.10 Å². The van der Waals surface area contributed by atoms with Gasteiger partial charge in [-0.1, -0.05) is 33.8 Å². The number of carboxylic acids is 1. The van der Waals surface area contributed by atoms with Gasteiger partial charge in [-0.05, 0) is 11.6 Å². The second kappa shape index (κ2) is 10.2. The summed E-state index contributed by atoms with van der Waals surface area (Å²) >= 11 is 0. The molecule has 0 saturated heterocycles. The molecule has 1 aromatic rings. The molecule has 22 heavy (non-hydrogen) atoms. The van der Waals surface area contributed by atoms with Crippen molar-refractivity contribution >= 4 is 18.6 Å². The third-order valence-corrected chi connectivity index (χ3v) is 2.63. The van der Waals surface area contributed by atoms with Crippen LogP contribution in [0.2, 0.25) is 0 Å². The van der Waals surface area contributed by atoms with Crippen LogP contribution in [-0.2, 0) is 9.45 Å². The van der Waals surface area contributed by atoms with E-state index in [-0.39, 0.29) is 17.8 Å². The number of carbonyl (C=O) groups is 1. The van der Waals surface area contributed by atoms with Crippen LogP contribution in [0.5, 0.6) is 5.75 Å². The predicted octanol–water partition coefficient (Wildman–Crippen LogP) is 1.06. The van der Waals surface area contributed by atoms with E-state index in [4.69, 9.17) is 20.2 Å². The number of nitrogens with two attached hydrogens (primary N) is 1. The molecule has 1 aromatic carbocycles. The highest BCUT2D eigenvalue weighted by Gasteiger charge is 2.38. The summed E-state index contributed by atoms with van der Waals surface area (Å²) in [7, 11) is -1.41. The van der Waals surface area contributed by atoms with E-state index in [1.165, 1.54) is 12.1 Å². The Hall–Kier alpha value is -1.64. The van der Waals surface area contributed by atoms with Crippen LogP contribution in [0.3, 0.4) is 0 Å². The fourth-order valence-corrected chi connectivity index (χ4v) is 1.85. The average molecular weight is 315 g/mol. The monoisotopic (exact) mass is 315 g/mol. The molecule has 0 aromatic heterocycles. The first kappa shape index (κ1) is 20.4. The van der Waals surface area contributed by atoms with E-state index in [1.54, 1.807) is 0 Å². The Morgan fingerprint density at radius 2 is 2.00 bits per heavy atom. The first-order valence-electron chi connectivity index (χ1n) is 7.25. The van der Waals surface area contributed by atoms with Crippen LogP contribution in [0, 0.1) is 5.82 Å². The minimum Gasteiger partial charge on any atom is -0.479 e. The lowest BCUT2D eigenvalue weighted by Crippen LogP contribution is -2.31. The highest BCUT2D eigenvalue weighted by atomic mass is 19.1. The maximum atomic E-state index is 14.0. The van der Waals surface area contributed by atoms with Gasteiger partial charge in [0.15, 0.2) is 18.2 Å². The van der Waals surface area contributed by atoms with Crippen LogP contribution in [0.1, 0.15) is 39.4 Å². The Balaban J connectivity index is 0.00000102. The summed E-state index contributed by atoms with van der Waals surface area (Å²) in [6.07, 6.45) is -0.571. The van der Waals surface area contributed by atoms with E-state index in [1.807, 2.05) is 27.7 Å². The second-order valence-electron chi connectivity index (χ2n) is 3.78. The largest absolute Gasteiger partial charge is 0.495 e. The number of fused-ring (bicyclic) bond motifs is 1. The fraction of sp³-hybridized carbons (Fsp3) is 0.500. The molecule has 1 heterocycles. The van der Waals surface area contributed by atoms with Gasteiger partial charge in [-0.3, -0.25) is 0 Å². The zero-order chi connectivity index (χ0) is 17.3. The van der Waals surface area contributed by atoms with Gasteiger partial charge in [0, 0.05) is 12.0 Å². The molecule has 0 radical (unpaired) electrons. The first-order chi connectivity index (χ1) is 10.5. The number of ether oxygens (including phenoxy) is 1. The number of benzene rings is 1. The van der Waals surface area contributed by atoms with Crippen LogP contribution in [-0.4, -0.2) is 36.4 Å². The number of halogens is 1. The lowest BCUT2D eigenvalue weighted by Gasteiger charge is -2.10. The Bertz CT molecular complexity index is 487. The summed E-state index contributed by atoms with van der Waals surface area (Å²) in [5.74, 6) is -2.28. The SMILES string of the molecule is CC.CC.NCC1OB(O)c2c1ccc(OCC(=O)O)c2F. The summed E-state index contributed by atoms with van der Waals surface area (Å²) < 4.78 is 23.8. The highest BCUT2D eigenvalue weighted by Crippen LogP contribution is 2.27. The van der Waals surface area contributed by atoms with Crippen LogP contribution in [0.25, 0.3) is 0 Å². The number of carboxylic acid groups (broad SMARTS) is 1. The van der Waals surface area contributed by atoms with Crippen molar-refractivity contribution < 1.29 is 28.7 Å². The van der Waals surface area contributed by atoms with Crippen molar-refractivity contribution in [2.24, 2.45) is 5.73 Å². The third-order valence-electron chi connectivity index (χ3n) is 2.63. The Morgan fingerprint density at radius 1 is 1.41 bits per heavy atom. The molecule has 1 atom stereocenters. The molecule has 6 nitrogen and oxygen atoms in total. The zero-order valence-corrected chi connectivity index (χ0v) is 13.3. The molecule has 0 saturated carbocycles. The molecule has 1 aliphatic rings. The van der Waals surface area contributed by atoms with Crippen molar-refractivity contribution in [1.82, 2.24) is 0 Å². The normalized spacial score (nSPS) is 15.0. The molecule has 1 unspecified atom stereocenters. The van der Waals surface area contributed by atoms with Gasteiger partial charge >= 0.3 is 13.1 Å². The maximum absolute atomic E-state index is 14.0. The van der Waals surface area contributed by atoms with Crippen molar-refractivity contribution in [2.75, 3.05) is 13.2 Å². The first-order valence-corrected chi connectivity index (χ1v) is 7.25. The second-order valence-corrected chi connectivity index (χ2v) is 3.78. The molecular weight excluding hydrogens is 292 g/mol. The molecule has 1 aliphatic heterocycles. The standard InChI is InChI=1S/C10H11BFNO5.2C2H6/c12-10-6(17-4-8(14)15)2-1-5-7(3-13)18-11(16)9(5)10;2*1-2/h1-2,7,16H,3-4,13H2,(H,14,15);2*1-2H3. The van der Waals surface area contributed by atoms with Gasteiger partial charge in [0.25, 0.3) is 0 Å². The third kappa shape index (κ3) is 4.69. The van der Waals surface area contributed by atoms with E-state index in [0.29, 0.717) is 5.56 Å². The van der Waals surface area contributed by atoms with Gasteiger partial charge in [-0.25, -0.2) is 9.18 Å². The maximum Gasteiger partial charge on any atom is 0.495 e. The minimum absolute atomic E-state index is 0.0478. The average Bonchev–Trinajstić information content (AvgIpc) is 2.87. The van der Waals surface area contributed by atoms with Gasteiger partial charge in [-0.15, -0.1) is 0 Å². The number of aliphatic carboxylic acids is 1. The smallest absolute Gasteiger partial charge is 0.479 e. The quantitative estimate of drug-likeness (QED) is 0.718. The van der Waals surface area contributed by atoms with Crippen LogP contribution >= 0.6 is 0 Å². The van der Waals surface area contributed by atoms with Crippen LogP contribution < -0.4 is 15.9 Å². The molecule has 4 N–H and O–H groups in total. The summed E-state index contributed by atoms with van der Waals surface area (Å²) in [6, 6.07) is 2.80. The molecule has 2 rings (SSSR count). The topological polar surface area (TPSA) is 102 Å². The van der Waals surface area contributed by atoms with Crippen molar-refractivity contribution in [3.05, 3.63) is 23.5 Å². The highest BCUT2D eigenvalue weighted by molar-refractivity contribution is 6.62. The summed E-state index contributed by atoms with van der Waals surface area (Å²) in [5.41, 5.74) is 5.83. The lowest BCUT2D eigenvalue weighted by molar-refractivity contribution is -0.139. The molecule has 124 valence electrons. The molecule has 0 fully saturated rings. The summed E-state index contributed by atoms with van der Waals surface area (Å²) in [5, 5.41) is 18.0. The molecule has 0 aliphatic carbocycles. The number of hydrogen-bond acceptors (Lipinski definition) is 5. The molecular formula is C14H23BFNO5. The summed E-state index contributed by atoms with van der Waals surface area (Å²) in [6.45, 7) is 7.45. The zero-order valence-electron chi connectivity index (χ0n) is 13.3. The molecule has 0 bridgehead atoms. The molecule has 0 amide bonds. The fourth-order valence-electron chi connectivity index (χ4n) is 1.85. The Morgan fingerprint density at radius 3 is 2.50 bits per heavy atom. The van der Waals surface area contributed by atoms with E-state index in [0.717, 1.165) is 0 Å². The van der Waals surface area contributed by atoms with Crippen LogP contribution in [0.4, 0.5) is 4.39 Å². The summed E-state index contributed by atoms with van der Waals surface area (Å²) in [4.78, 5) is 10.3. The molecule has 0 spiro atoms. The van der Waals surface area contributed by atoms with E-state index in [2.05, 4.69) is 0 Å². The van der Waals surface area contributed by atoms with Crippen molar-refractivity contribution in [1.29, 1.82) is 0 Å². The Labute approximate surface area is 130 Å². The predicted molar refractivity (Wildman–Crippen MR) is 82.7 cm³/mol. The van der Waals surface area contributed by atoms with Gasteiger partial charge in [-0.2, -0.15) is 0 Å². The Kier molecular flexibility index (Phi) is 9.40. The van der Waals surface area contributed by atoms with Gasteiger partial charge in [0.1, 0.15) is 0 Å². The van der Waals surface area contributed by atoms with E-state index in [9.17, 15) is 14.2 Å². The van der Waals surface area contributed by atoms with Crippen LogP contribution in [0.15, 0.2) is 12.1 Å². The number of hydrogen-bond donors (Lipinski definition) is 3. The lowest BCUT2D eigenvalue weighted by atomic mass is 9.78. The minimum atomic E-state index is -1.41. The van der Waals surface area contributed by atoms with E-state index < -0.39 is 31.6 Å². The van der Waals surface area contributed by atoms with Crippen molar-refractivity contribution in [3.8, 4) is 5.75 Å². The number of rotatable bonds is 4.